The van der Waals surface area contributed by atoms with Gasteiger partial charge in [-0.3, -0.25) is 10.00 Å². The average molecular weight is 267 g/mol. The molecule has 0 spiro atoms. The van der Waals surface area contributed by atoms with E-state index in [0.717, 1.165) is 43.3 Å². The van der Waals surface area contributed by atoms with Crippen molar-refractivity contribution in [1.82, 2.24) is 20.1 Å². The van der Waals surface area contributed by atoms with Gasteiger partial charge in [-0.05, 0) is 50.0 Å². The molecule has 0 radical (unpaired) electrons. The van der Waals surface area contributed by atoms with Crippen LogP contribution in [0.25, 0.3) is 0 Å². The van der Waals surface area contributed by atoms with Crippen LogP contribution in [-0.2, 0) is 6.54 Å². The maximum atomic E-state index is 5.79. The lowest BCUT2D eigenvalue weighted by atomic mass is 10.2. The zero-order valence-electron chi connectivity index (χ0n) is 10.2. The van der Waals surface area contributed by atoms with Crippen molar-refractivity contribution in [2.24, 2.45) is 0 Å². The van der Waals surface area contributed by atoms with Crippen molar-refractivity contribution < 1.29 is 4.42 Å². The summed E-state index contributed by atoms with van der Waals surface area (Å²) in [5, 5.41) is 7.60. The fraction of sp³-hybridized carbons (Fsp3) is 0.500. The quantitative estimate of drug-likeness (QED) is 0.928. The summed E-state index contributed by atoms with van der Waals surface area (Å²) in [5.74, 6) is 2.62. The molecule has 0 unspecified atom stereocenters. The largest absolute Gasteiger partial charge is 0.448 e. The Hall–Kier alpha value is -1.33. The number of aryl methyl sites for hydroxylation is 1. The lowest BCUT2D eigenvalue weighted by Crippen LogP contribution is -2.23. The number of nitrogens with zero attached hydrogens (tertiary/aromatic N) is 3. The third kappa shape index (κ3) is 2.28. The van der Waals surface area contributed by atoms with Gasteiger partial charge in [-0.15, -0.1) is 0 Å². The number of hydrogen-bond donors (Lipinski definition) is 1. The molecule has 18 heavy (non-hydrogen) atoms. The third-order valence-electron chi connectivity index (χ3n) is 3.26. The second-order valence-corrected chi connectivity index (χ2v) is 4.99. The minimum absolute atomic E-state index is 0.277. The van der Waals surface area contributed by atoms with Crippen LogP contribution in [0.2, 0.25) is 5.22 Å². The van der Waals surface area contributed by atoms with E-state index in [2.05, 4.69) is 20.1 Å². The highest BCUT2D eigenvalue weighted by molar-refractivity contribution is 6.28. The molecule has 1 N–H and O–H groups in total. The van der Waals surface area contributed by atoms with Crippen LogP contribution in [0.5, 0.6) is 0 Å². The Morgan fingerprint density at radius 2 is 2.44 bits per heavy atom. The summed E-state index contributed by atoms with van der Waals surface area (Å²) in [6, 6.07) is 3.97. The highest BCUT2D eigenvalue weighted by Crippen LogP contribution is 2.31. The predicted molar refractivity (Wildman–Crippen MR) is 67.2 cm³/mol. The Morgan fingerprint density at radius 1 is 1.56 bits per heavy atom. The second kappa shape index (κ2) is 4.74. The molecule has 0 saturated carbocycles. The van der Waals surface area contributed by atoms with Gasteiger partial charge in [0.25, 0.3) is 0 Å². The van der Waals surface area contributed by atoms with Gasteiger partial charge in [-0.25, -0.2) is 4.98 Å². The first-order valence-electron chi connectivity index (χ1n) is 6.09. The summed E-state index contributed by atoms with van der Waals surface area (Å²) in [6.45, 7) is 3.71. The molecule has 3 heterocycles. The normalized spacial score (nSPS) is 20.7. The molecule has 6 heteroatoms. The van der Waals surface area contributed by atoms with Crippen LogP contribution in [0.15, 0.2) is 16.5 Å². The SMILES string of the molecule is Cc1nc([C@@H]2CCCN2Cc2ccc(Cl)o2)n[nH]1. The third-order valence-corrected chi connectivity index (χ3v) is 3.47. The lowest BCUT2D eigenvalue weighted by molar-refractivity contribution is 0.221. The molecule has 1 atom stereocenters. The number of aromatic amines is 1. The number of rotatable bonds is 3. The summed E-state index contributed by atoms with van der Waals surface area (Å²) in [4.78, 5) is 6.76. The zero-order chi connectivity index (χ0) is 12.5. The van der Waals surface area contributed by atoms with Gasteiger partial charge in [-0.2, -0.15) is 5.10 Å². The summed E-state index contributed by atoms with van der Waals surface area (Å²) in [5.41, 5.74) is 0. The molecule has 1 aliphatic rings. The van der Waals surface area contributed by atoms with Gasteiger partial charge in [0.05, 0.1) is 12.6 Å². The molecule has 1 aliphatic heterocycles. The number of nitrogens with one attached hydrogen (secondary N) is 1. The van der Waals surface area contributed by atoms with Crippen LogP contribution in [0.4, 0.5) is 0 Å². The Bertz CT molecular complexity index is 536. The highest BCUT2D eigenvalue weighted by Gasteiger charge is 2.29. The number of likely N-dealkylation sites (tertiary alicyclic amines) is 1. The summed E-state index contributed by atoms with van der Waals surface area (Å²) in [7, 11) is 0. The first-order chi connectivity index (χ1) is 8.72. The maximum absolute atomic E-state index is 5.79. The van der Waals surface area contributed by atoms with Crippen LogP contribution in [0.3, 0.4) is 0 Å². The molecule has 0 aromatic carbocycles. The first kappa shape index (κ1) is 11.7. The van der Waals surface area contributed by atoms with Crippen molar-refractivity contribution in [3.05, 3.63) is 34.8 Å². The van der Waals surface area contributed by atoms with Gasteiger partial charge >= 0.3 is 0 Å². The first-order valence-corrected chi connectivity index (χ1v) is 6.47. The molecule has 96 valence electrons. The Balaban J connectivity index is 1.75. The monoisotopic (exact) mass is 266 g/mol. The van der Waals surface area contributed by atoms with Crippen molar-refractivity contribution in [2.45, 2.75) is 32.4 Å². The van der Waals surface area contributed by atoms with Crippen molar-refractivity contribution in [2.75, 3.05) is 6.54 Å². The van der Waals surface area contributed by atoms with Crippen molar-refractivity contribution >= 4 is 11.6 Å². The van der Waals surface area contributed by atoms with E-state index in [9.17, 15) is 0 Å². The number of furan rings is 1. The van der Waals surface area contributed by atoms with Crippen molar-refractivity contribution in [3.8, 4) is 0 Å². The standard InChI is InChI=1S/C12H15ClN4O/c1-8-14-12(16-15-8)10-3-2-6-17(10)7-9-4-5-11(13)18-9/h4-5,10H,2-3,6-7H2,1H3,(H,14,15,16)/t10-/m0/s1. The topological polar surface area (TPSA) is 58.0 Å². The molecule has 0 amide bonds. The van der Waals surface area contributed by atoms with Gasteiger partial charge in [0.2, 0.25) is 0 Å². The van der Waals surface area contributed by atoms with Crippen LogP contribution >= 0.6 is 11.6 Å². The second-order valence-electron chi connectivity index (χ2n) is 4.61. The molecule has 5 nitrogen and oxygen atoms in total. The van der Waals surface area contributed by atoms with E-state index >= 15 is 0 Å². The minimum Gasteiger partial charge on any atom is -0.448 e. The lowest BCUT2D eigenvalue weighted by Gasteiger charge is -2.20. The van der Waals surface area contributed by atoms with E-state index in [0.29, 0.717) is 5.22 Å². The molecule has 2 aromatic rings. The summed E-state index contributed by atoms with van der Waals surface area (Å²) in [6.07, 6.45) is 2.25. The molecular formula is C12H15ClN4O. The average Bonchev–Trinajstić information content (AvgIpc) is 3.01. The van der Waals surface area contributed by atoms with Crippen LogP contribution in [0.1, 0.15) is 36.3 Å². The zero-order valence-corrected chi connectivity index (χ0v) is 10.9. The fourth-order valence-electron chi connectivity index (χ4n) is 2.45. The Kier molecular flexibility index (Phi) is 3.09. The molecule has 0 aliphatic carbocycles. The van der Waals surface area contributed by atoms with Gasteiger partial charge in [0.15, 0.2) is 11.0 Å². The molecular weight excluding hydrogens is 252 g/mol. The van der Waals surface area contributed by atoms with Gasteiger partial charge < -0.3 is 4.42 Å². The van der Waals surface area contributed by atoms with Gasteiger partial charge in [0.1, 0.15) is 11.6 Å². The van der Waals surface area contributed by atoms with E-state index < -0.39 is 0 Å². The number of aromatic nitrogens is 3. The van der Waals surface area contributed by atoms with E-state index in [4.69, 9.17) is 16.0 Å². The maximum Gasteiger partial charge on any atom is 0.193 e. The molecule has 3 rings (SSSR count). The molecule has 1 saturated heterocycles. The highest BCUT2D eigenvalue weighted by atomic mass is 35.5. The van der Waals surface area contributed by atoms with E-state index in [1.165, 1.54) is 0 Å². The van der Waals surface area contributed by atoms with Crippen LogP contribution < -0.4 is 0 Å². The number of H-pyrrole nitrogens is 1. The Labute approximate surface area is 110 Å². The van der Waals surface area contributed by atoms with Gasteiger partial charge in [-0.1, -0.05) is 0 Å². The van der Waals surface area contributed by atoms with E-state index in [1.54, 1.807) is 6.07 Å². The van der Waals surface area contributed by atoms with E-state index in [-0.39, 0.29) is 6.04 Å². The molecule has 0 bridgehead atoms. The predicted octanol–water partition coefficient (Wildman–Crippen LogP) is 2.70. The van der Waals surface area contributed by atoms with Crippen molar-refractivity contribution in [3.63, 3.8) is 0 Å². The number of hydrogen-bond acceptors (Lipinski definition) is 4. The Morgan fingerprint density at radius 3 is 3.11 bits per heavy atom. The smallest absolute Gasteiger partial charge is 0.193 e. The number of halogens is 1. The van der Waals surface area contributed by atoms with E-state index in [1.807, 2.05) is 13.0 Å². The van der Waals surface area contributed by atoms with Gasteiger partial charge in [0, 0.05) is 0 Å². The van der Waals surface area contributed by atoms with Crippen LogP contribution in [-0.4, -0.2) is 26.6 Å². The van der Waals surface area contributed by atoms with Crippen LogP contribution in [0, 0.1) is 6.92 Å². The summed E-state index contributed by atoms with van der Waals surface area (Å²) >= 11 is 5.79. The molecule has 2 aromatic heterocycles. The van der Waals surface area contributed by atoms with Crippen molar-refractivity contribution in [1.29, 1.82) is 0 Å². The fourth-order valence-corrected chi connectivity index (χ4v) is 2.62. The summed E-state index contributed by atoms with van der Waals surface area (Å²) < 4.78 is 5.41. The molecule has 1 fully saturated rings. The minimum atomic E-state index is 0.277.